The van der Waals surface area contributed by atoms with Crippen molar-refractivity contribution in [3.05, 3.63) is 0 Å². The normalized spacial score (nSPS) is 33.0. The average Bonchev–Trinajstić information content (AvgIpc) is 2.39. The van der Waals surface area contributed by atoms with E-state index >= 15 is 0 Å². The molecule has 5 nitrogen and oxygen atoms in total. The average molecular weight is 283 g/mol. The Labute approximate surface area is 121 Å². The number of likely N-dealkylation sites (tertiary alicyclic amines) is 1. The maximum absolute atomic E-state index is 12.0. The van der Waals surface area contributed by atoms with Crippen LogP contribution in [0.2, 0.25) is 0 Å². The number of amides is 1. The fourth-order valence-corrected chi connectivity index (χ4v) is 3.43. The highest BCUT2D eigenvalue weighted by atomic mass is 16.3. The molecule has 2 rings (SSSR count). The minimum atomic E-state index is -0.697. The van der Waals surface area contributed by atoms with Crippen molar-refractivity contribution < 1.29 is 9.90 Å². The molecule has 1 aliphatic heterocycles. The van der Waals surface area contributed by atoms with Crippen LogP contribution >= 0.6 is 0 Å². The van der Waals surface area contributed by atoms with E-state index in [0.717, 1.165) is 45.2 Å². The molecule has 1 heterocycles. The summed E-state index contributed by atoms with van der Waals surface area (Å²) in [5.41, 5.74) is 5.16. The van der Waals surface area contributed by atoms with Crippen molar-refractivity contribution in [2.24, 2.45) is 11.7 Å². The van der Waals surface area contributed by atoms with Crippen LogP contribution < -0.4 is 11.1 Å². The fraction of sp³-hybridized carbons (Fsp3) is 0.933. The molecule has 0 radical (unpaired) electrons. The third kappa shape index (κ3) is 4.72. The van der Waals surface area contributed by atoms with Crippen LogP contribution in [0.3, 0.4) is 0 Å². The Morgan fingerprint density at radius 1 is 1.40 bits per heavy atom. The van der Waals surface area contributed by atoms with Gasteiger partial charge in [0.2, 0.25) is 5.91 Å². The van der Waals surface area contributed by atoms with Crippen LogP contribution in [0, 0.1) is 5.92 Å². The minimum Gasteiger partial charge on any atom is -0.388 e. The molecule has 2 atom stereocenters. The van der Waals surface area contributed by atoms with Crippen molar-refractivity contribution in [1.82, 2.24) is 10.2 Å². The van der Waals surface area contributed by atoms with E-state index in [9.17, 15) is 9.90 Å². The van der Waals surface area contributed by atoms with Gasteiger partial charge in [0.15, 0.2) is 0 Å². The van der Waals surface area contributed by atoms with Gasteiger partial charge in [-0.3, -0.25) is 9.69 Å². The second kappa shape index (κ2) is 6.87. The van der Waals surface area contributed by atoms with Gasteiger partial charge >= 0.3 is 0 Å². The van der Waals surface area contributed by atoms with Crippen LogP contribution in [-0.4, -0.2) is 53.7 Å². The van der Waals surface area contributed by atoms with E-state index in [-0.39, 0.29) is 5.91 Å². The van der Waals surface area contributed by atoms with Gasteiger partial charge in [-0.1, -0.05) is 19.8 Å². The Morgan fingerprint density at radius 3 is 2.75 bits per heavy atom. The fourth-order valence-electron chi connectivity index (χ4n) is 3.43. The van der Waals surface area contributed by atoms with E-state index in [4.69, 9.17) is 5.73 Å². The summed E-state index contributed by atoms with van der Waals surface area (Å²) in [6.07, 6.45) is 5.77. The first-order chi connectivity index (χ1) is 9.47. The van der Waals surface area contributed by atoms with E-state index in [1.165, 1.54) is 6.42 Å². The summed E-state index contributed by atoms with van der Waals surface area (Å²) in [5.74, 6) is 0.571. The molecule has 116 valence electrons. The molecule has 1 amide bonds. The molecule has 1 saturated carbocycles. The largest absolute Gasteiger partial charge is 0.388 e. The lowest BCUT2D eigenvalue weighted by Crippen LogP contribution is -2.49. The van der Waals surface area contributed by atoms with E-state index in [0.29, 0.717) is 25.0 Å². The quantitative estimate of drug-likeness (QED) is 0.701. The number of aliphatic hydroxyl groups is 1. The monoisotopic (exact) mass is 283 g/mol. The molecule has 20 heavy (non-hydrogen) atoms. The second-order valence-corrected chi connectivity index (χ2v) is 6.82. The van der Waals surface area contributed by atoms with Crippen LogP contribution in [0.4, 0.5) is 0 Å². The minimum absolute atomic E-state index is 0.0205. The zero-order valence-corrected chi connectivity index (χ0v) is 12.6. The first-order valence-electron chi connectivity index (χ1n) is 7.94. The molecule has 0 spiro atoms. The molecule has 2 fully saturated rings. The zero-order valence-electron chi connectivity index (χ0n) is 12.6. The van der Waals surface area contributed by atoms with Gasteiger partial charge in [0.05, 0.1) is 12.1 Å². The molecule has 5 heteroatoms. The standard InChI is InChI=1S/C15H29N3O2/c1-12-3-2-6-15(20,9-12)11-17-14(19)10-18-7-4-13(16)5-8-18/h12-13,20H,2-11,16H2,1H3,(H,17,19). The predicted molar refractivity (Wildman–Crippen MR) is 79.2 cm³/mol. The highest BCUT2D eigenvalue weighted by molar-refractivity contribution is 5.78. The molecule has 2 aliphatic rings. The Bertz CT molecular complexity index is 329. The van der Waals surface area contributed by atoms with E-state index in [1.807, 2.05) is 0 Å². The molecule has 1 saturated heterocycles. The topological polar surface area (TPSA) is 78.6 Å². The van der Waals surface area contributed by atoms with Crippen LogP contribution in [-0.2, 0) is 4.79 Å². The van der Waals surface area contributed by atoms with Crippen molar-refractivity contribution in [3.8, 4) is 0 Å². The number of piperidine rings is 1. The van der Waals surface area contributed by atoms with Crippen molar-refractivity contribution in [1.29, 1.82) is 0 Å². The second-order valence-electron chi connectivity index (χ2n) is 6.82. The Balaban J connectivity index is 1.69. The van der Waals surface area contributed by atoms with Gasteiger partial charge in [-0.2, -0.15) is 0 Å². The number of hydrogen-bond acceptors (Lipinski definition) is 4. The maximum atomic E-state index is 12.0. The highest BCUT2D eigenvalue weighted by Crippen LogP contribution is 2.31. The number of hydrogen-bond donors (Lipinski definition) is 3. The van der Waals surface area contributed by atoms with Gasteiger partial charge in [0, 0.05) is 25.7 Å². The van der Waals surface area contributed by atoms with Crippen molar-refractivity contribution in [2.75, 3.05) is 26.2 Å². The molecule has 0 aromatic rings. The molecule has 4 N–H and O–H groups in total. The van der Waals surface area contributed by atoms with Crippen LogP contribution in [0.1, 0.15) is 45.4 Å². The predicted octanol–water partition coefficient (Wildman–Crippen LogP) is 0.467. The summed E-state index contributed by atoms with van der Waals surface area (Å²) in [7, 11) is 0. The summed E-state index contributed by atoms with van der Waals surface area (Å²) in [6, 6.07) is 0.291. The van der Waals surface area contributed by atoms with Crippen LogP contribution in [0.5, 0.6) is 0 Å². The number of nitrogens with zero attached hydrogens (tertiary/aromatic N) is 1. The van der Waals surface area contributed by atoms with Crippen LogP contribution in [0.25, 0.3) is 0 Å². The smallest absolute Gasteiger partial charge is 0.234 e. The summed E-state index contributed by atoms with van der Waals surface area (Å²) in [5, 5.41) is 13.4. The third-order valence-electron chi connectivity index (χ3n) is 4.68. The lowest BCUT2D eigenvalue weighted by atomic mass is 9.79. The first-order valence-corrected chi connectivity index (χ1v) is 7.94. The molecular weight excluding hydrogens is 254 g/mol. The molecule has 0 aromatic heterocycles. The molecule has 0 aromatic carbocycles. The van der Waals surface area contributed by atoms with Gasteiger partial charge in [0.1, 0.15) is 0 Å². The SMILES string of the molecule is CC1CCCC(O)(CNC(=O)CN2CCC(N)CC2)C1. The van der Waals surface area contributed by atoms with Crippen molar-refractivity contribution in [2.45, 2.75) is 57.1 Å². The number of nitrogens with one attached hydrogen (secondary N) is 1. The number of nitrogens with two attached hydrogens (primary N) is 1. The summed E-state index contributed by atoms with van der Waals surface area (Å²) < 4.78 is 0. The lowest BCUT2D eigenvalue weighted by Gasteiger charge is -2.36. The van der Waals surface area contributed by atoms with Crippen molar-refractivity contribution >= 4 is 5.91 Å². The zero-order chi connectivity index (χ0) is 14.6. The molecule has 0 bridgehead atoms. The Hall–Kier alpha value is -0.650. The van der Waals surface area contributed by atoms with Gasteiger partial charge in [-0.05, 0) is 31.6 Å². The number of carbonyl (C=O) groups excluding carboxylic acids is 1. The number of rotatable bonds is 4. The van der Waals surface area contributed by atoms with Gasteiger partial charge in [-0.25, -0.2) is 0 Å². The summed E-state index contributed by atoms with van der Waals surface area (Å²) in [6.45, 7) is 4.79. The lowest BCUT2D eigenvalue weighted by molar-refractivity contribution is -0.124. The van der Waals surface area contributed by atoms with E-state index < -0.39 is 5.60 Å². The molecule has 2 unspecified atom stereocenters. The van der Waals surface area contributed by atoms with Gasteiger partial charge < -0.3 is 16.2 Å². The van der Waals surface area contributed by atoms with Crippen molar-refractivity contribution in [3.63, 3.8) is 0 Å². The van der Waals surface area contributed by atoms with Gasteiger partial charge in [-0.15, -0.1) is 0 Å². The Morgan fingerprint density at radius 2 is 2.10 bits per heavy atom. The maximum Gasteiger partial charge on any atom is 0.234 e. The Kier molecular flexibility index (Phi) is 5.41. The van der Waals surface area contributed by atoms with Gasteiger partial charge in [0.25, 0.3) is 0 Å². The first kappa shape index (κ1) is 15.7. The summed E-state index contributed by atoms with van der Waals surface area (Å²) in [4.78, 5) is 14.1. The third-order valence-corrected chi connectivity index (χ3v) is 4.68. The molecular formula is C15H29N3O2. The van der Waals surface area contributed by atoms with Crippen LogP contribution in [0.15, 0.2) is 0 Å². The van der Waals surface area contributed by atoms with E-state index in [2.05, 4.69) is 17.1 Å². The highest BCUT2D eigenvalue weighted by Gasteiger charge is 2.33. The molecule has 1 aliphatic carbocycles. The van der Waals surface area contributed by atoms with E-state index in [1.54, 1.807) is 0 Å². The summed E-state index contributed by atoms with van der Waals surface area (Å²) >= 11 is 0. The number of carbonyl (C=O) groups is 1.